The molecule has 0 saturated carbocycles. The Labute approximate surface area is 136 Å². The van der Waals surface area contributed by atoms with Crippen LogP contribution in [0.2, 0.25) is 5.28 Å². The monoisotopic (exact) mass is 344 g/mol. The number of rotatable bonds is 7. The van der Waals surface area contributed by atoms with Gasteiger partial charge in [-0.15, -0.1) is 11.3 Å². The lowest BCUT2D eigenvalue weighted by Crippen LogP contribution is -2.14. The number of anilines is 1. The van der Waals surface area contributed by atoms with E-state index in [2.05, 4.69) is 15.3 Å². The zero-order chi connectivity index (χ0) is 16.1. The van der Waals surface area contributed by atoms with Crippen molar-refractivity contribution in [1.29, 1.82) is 0 Å². The van der Waals surface area contributed by atoms with Crippen molar-refractivity contribution in [3.05, 3.63) is 15.7 Å². The third kappa shape index (κ3) is 3.64. The Hall–Kier alpha value is -1.48. The molecule has 0 aliphatic heterocycles. The molecule has 0 fully saturated rings. The number of fused-ring (bicyclic) bond motifs is 1. The molecule has 2 aromatic rings. The molecule has 22 heavy (non-hydrogen) atoms. The lowest BCUT2D eigenvalue weighted by atomic mass is 10.2. The van der Waals surface area contributed by atoms with E-state index in [0.717, 1.165) is 10.9 Å². The molecule has 9 heteroatoms. The van der Waals surface area contributed by atoms with Crippen molar-refractivity contribution in [1.82, 2.24) is 9.97 Å². The van der Waals surface area contributed by atoms with Crippen LogP contribution in [0.5, 0.6) is 0 Å². The van der Waals surface area contributed by atoms with Gasteiger partial charge in [-0.1, -0.05) is 0 Å². The first kappa shape index (κ1) is 16.9. The van der Waals surface area contributed by atoms with Gasteiger partial charge >= 0.3 is 5.97 Å². The fraction of sp³-hybridized carbons (Fsp3) is 0.462. The van der Waals surface area contributed by atoms with Crippen molar-refractivity contribution < 1.29 is 14.3 Å². The van der Waals surface area contributed by atoms with E-state index in [9.17, 15) is 4.79 Å². The van der Waals surface area contributed by atoms with E-state index in [1.165, 1.54) is 11.3 Å². The number of nitrogens with one attached hydrogen (secondary N) is 1. The Balaban J connectivity index is 2.37. The van der Waals surface area contributed by atoms with Crippen molar-refractivity contribution in [2.45, 2.75) is 6.92 Å². The van der Waals surface area contributed by atoms with Crippen LogP contribution in [-0.4, -0.2) is 49.4 Å². The van der Waals surface area contributed by atoms with Gasteiger partial charge in [0.1, 0.15) is 22.1 Å². The summed E-state index contributed by atoms with van der Waals surface area (Å²) in [6, 6.07) is 0. The average molecular weight is 345 g/mol. The molecule has 0 amide bonds. The summed E-state index contributed by atoms with van der Waals surface area (Å²) in [6.07, 6.45) is 0. The van der Waals surface area contributed by atoms with Crippen LogP contribution in [0, 0.1) is 6.92 Å². The predicted octanol–water partition coefficient (Wildman–Crippen LogP) is 1.83. The van der Waals surface area contributed by atoms with Gasteiger partial charge in [0.25, 0.3) is 0 Å². The van der Waals surface area contributed by atoms with E-state index in [-0.39, 0.29) is 11.9 Å². The molecule has 0 aromatic carbocycles. The zero-order valence-corrected chi connectivity index (χ0v) is 13.9. The third-order valence-electron chi connectivity index (χ3n) is 2.91. The second-order valence-corrected chi connectivity index (χ2v) is 5.76. The summed E-state index contributed by atoms with van der Waals surface area (Å²) < 4.78 is 10.0. The molecule has 120 valence electrons. The van der Waals surface area contributed by atoms with Gasteiger partial charge in [0, 0.05) is 20.2 Å². The second kappa shape index (κ2) is 7.68. The third-order valence-corrected chi connectivity index (χ3v) is 4.24. The summed E-state index contributed by atoms with van der Waals surface area (Å²) in [4.78, 5) is 21.6. The second-order valence-electron chi connectivity index (χ2n) is 4.42. The number of carbonyl (C=O) groups excluding carboxylic acids is 1. The zero-order valence-electron chi connectivity index (χ0n) is 12.3. The number of aromatic nitrogens is 2. The van der Waals surface area contributed by atoms with Crippen LogP contribution in [-0.2, 0) is 9.47 Å². The Morgan fingerprint density at radius 2 is 2.18 bits per heavy atom. The van der Waals surface area contributed by atoms with Crippen LogP contribution in [0.4, 0.5) is 5.82 Å². The topological polar surface area (TPSA) is 99.4 Å². The summed E-state index contributed by atoms with van der Waals surface area (Å²) >= 11 is 7.16. The van der Waals surface area contributed by atoms with E-state index in [1.54, 1.807) is 7.11 Å². The summed E-state index contributed by atoms with van der Waals surface area (Å²) in [5.41, 5.74) is 6.26. The van der Waals surface area contributed by atoms with Gasteiger partial charge in [-0.2, -0.15) is 0 Å². The first-order valence-electron chi connectivity index (χ1n) is 6.65. The quantitative estimate of drug-likeness (QED) is 0.449. The molecule has 0 spiro atoms. The molecule has 2 aromatic heterocycles. The first-order chi connectivity index (χ1) is 10.6. The summed E-state index contributed by atoms with van der Waals surface area (Å²) in [7, 11) is 1.55. The van der Waals surface area contributed by atoms with Crippen molar-refractivity contribution >= 4 is 44.9 Å². The van der Waals surface area contributed by atoms with E-state index in [1.807, 2.05) is 6.92 Å². The van der Waals surface area contributed by atoms with Crippen LogP contribution >= 0.6 is 22.9 Å². The number of nitrogens with zero attached hydrogens (tertiary/aromatic N) is 2. The molecule has 0 aliphatic carbocycles. The minimum atomic E-state index is -0.404. The number of nitrogens with two attached hydrogens (primary N) is 1. The average Bonchev–Trinajstić information content (AvgIpc) is 2.82. The first-order valence-corrected chi connectivity index (χ1v) is 7.84. The normalized spacial score (nSPS) is 10.9. The molecule has 0 unspecified atom stereocenters. The minimum absolute atomic E-state index is 0.118. The molecule has 2 heterocycles. The fourth-order valence-electron chi connectivity index (χ4n) is 1.91. The lowest BCUT2D eigenvalue weighted by molar-refractivity contribution is 0.0393. The number of aryl methyl sites for hydroxylation is 1. The molecule has 0 saturated heterocycles. The number of esters is 1. The van der Waals surface area contributed by atoms with Crippen LogP contribution in [0.1, 0.15) is 15.2 Å². The highest BCUT2D eigenvalue weighted by molar-refractivity contribution is 7.20. The maximum atomic E-state index is 12.1. The maximum absolute atomic E-state index is 12.1. The molecule has 0 aliphatic rings. The number of carbonyl (C=O) groups is 1. The predicted molar refractivity (Wildman–Crippen MR) is 86.9 cm³/mol. The Bertz CT molecular complexity index is 677. The summed E-state index contributed by atoms with van der Waals surface area (Å²) in [6.45, 7) is 3.39. The van der Waals surface area contributed by atoms with E-state index >= 15 is 0 Å². The Morgan fingerprint density at radius 1 is 1.41 bits per heavy atom. The minimum Gasteiger partial charge on any atom is -0.459 e. The molecule has 0 atom stereocenters. The van der Waals surface area contributed by atoms with Crippen molar-refractivity contribution in [2.75, 3.05) is 38.7 Å². The smallest absolute Gasteiger partial charge is 0.348 e. The van der Waals surface area contributed by atoms with Crippen LogP contribution < -0.4 is 11.1 Å². The highest BCUT2D eigenvalue weighted by atomic mass is 35.5. The van der Waals surface area contributed by atoms with Crippen molar-refractivity contribution in [3.8, 4) is 0 Å². The van der Waals surface area contributed by atoms with Gasteiger partial charge in [-0.25, -0.2) is 14.8 Å². The molecular formula is C13H17ClN4O3S. The molecule has 0 radical (unpaired) electrons. The maximum Gasteiger partial charge on any atom is 0.348 e. The van der Waals surface area contributed by atoms with Gasteiger partial charge < -0.3 is 20.5 Å². The van der Waals surface area contributed by atoms with Gasteiger partial charge in [-0.3, -0.25) is 0 Å². The molecule has 2 rings (SSSR count). The van der Waals surface area contributed by atoms with Crippen LogP contribution in [0.25, 0.3) is 10.2 Å². The number of methoxy groups -OCH3 is 1. The Kier molecular flexibility index (Phi) is 5.90. The standard InChI is InChI=1S/C13H17ClN4O3S/c1-7-8-10(16-4-3-15)17-13(14)18-11(8)22-9(7)12(19)21-6-5-20-2/h3-6,15H2,1-2H3,(H,16,17,18). The Morgan fingerprint density at radius 3 is 2.86 bits per heavy atom. The van der Waals surface area contributed by atoms with E-state index in [4.69, 9.17) is 26.8 Å². The summed E-state index contributed by atoms with van der Waals surface area (Å²) in [5, 5.41) is 3.98. The number of hydrogen-bond donors (Lipinski definition) is 2. The SMILES string of the molecule is COCCOC(=O)c1sc2nc(Cl)nc(NCCN)c2c1C. The van der Waals surface area contributed by atoms with Gasteiger partial charge in [0.05, 0.1) is 12.0 Å². The number of hydrogen-bond acceptors (Lipinski definition) is 8. The van der Waals surface area contributed by atoms with E-state index < -0.39 is 5.97 Å². The van der Waals surface area contributed by atoms with Gasteiger partial charge in [0.2, 0.25) is 5.28 Å². The van der Waals surface area contributed by atoms with Crippen LogP contribution in [0.15, 0.2) is 0 Å². The fourth-order valence-corrected chi connectivity index (χ4v) is 3.20. The summed E-state index contributed by atoms with van der Waals surface area (Å²) in [5.74, 6) is 0.170. The van der Waals surface area contributed by atoms with Gasteiger partial charge in [0.15, 0.2) is 0 Å². The largest absolute Gasteiger partial charge is 0.459 e. The van der Waals surface area contributed by atoms with Gasteiger partial charge in [-0.05, 0) is 24.1 Å². The van der Waals surface area contributed by atoms with E-state index in [0.29, 0.717) is 35.2 Å². The number of thiophene rings is 1. The highest BCUT2D eigenvalue weighted by Gasteiger charge is 2.21. The van der Waals surface area contributed by atoms with Crippen molar-refractivity contribution in [3.63, 3.8) is 0 Å². The molecule has 7 nitrogen and oxygen atoms in total. The molecule has 0 bridgehead atoms. The number of ether oxygens (including phenoxy) is 2. The molecule has 3 N–H and O–H groups in total. The van der Waals surface area contributed by atoms with Crippen LogP contribution in [0.3, 0.4) is 0 Å². The molecular weight excluding hydrogens is 328 g/mol. The van der Waals surface area contributed by atoms with Crippen molar-refractivity contribution in [2.24, 2.45) is 5.73 Å². The lowest BCUT2D eigenvalue weighted by Gasteiger charge is -2.06. The number of halogens is 1. The highest BCUT2D eigenvalue weighted by Crippen LogP contribution is 2.34.